The van der Waals surface area contributed by atoms with E-state index in [1.165, 1.54) is 0 Å². The highest BCUT2D eigenvalue weighted by Crippen LogP contribution is 2.24. The molecule has 0 saturated heterocycles. The third kappa shape index (κ3) is 0.567. The zero-order valence-corrected chi connectivity index (χ0v) is 6.02. The summed E-state index contributed by atoms with van der Waals surface area (Å²) < 4.78 is 10.0. The van der Waals surface area contributed by atoms with Crippen molar-refractivity contribution < 1.29 is 9.05 Å². The quantitative estimate of drug-likeness (QED) is 0.504. The lowest BCUT2D eigenvalue weighted by Crippen LogP contribution is -1.64. The first kappa shape index (κ1) is 5.77. The van der Waals surface area contributed by atoms with Crippen LogP contribution in [0.3, 0.4) is 0 Å². The molecule has 3 rings (SSSR count). The minimum atomic E-state index is 0.657. The van der Waals surface area contributed by atoms with Crippen LogP contribution in [0.4, 0.5) is 0 Å². The van der Waals surface area contributed by atoms with E-state index in [2.05, 4.69) is 10.3 Å². The van der Waals surface area contributed by atoms with E-state index in [1.54, 1.807) is 12.4 Å². The van der Waals surface area contributed by atoms with Crippen LogP contribution in [0.15, 0.2) is 33.6 Å². The summed E-state index contributed by atoms with van der Waals surface area (Å²) in [5, 5.41) is 9.20. The SMILES string of the molecule is c1cc2cnoc2c2oncc12. The predicted molar refractivity (Wildman–Crippen MR) is 41.6 cm³/mol. The van der Waals surface area contributed by atoms with Gasteiger partial charge in [-0.05, 0) is 12.1 Å². The van der Waals surface area contributed by atoms with Gasteiger partial charge in [-0.1, -0.05) is 10.3 Å². The molecule has 4 heteroatoms. The molecule has 0 amide bonds. The Balaban J connectivity index is 2.71. The second kappa shape index (κ2) is 1.85. The maximum Gasteiger partial charge on any atom is 0.212 e. The minimum Gasteiger partial charge on any atom is -0.352 e. The van der Waals surface area contributed by atoms with Crippen LogP contribution < -0.4 is 0 Å². The molecule has 58 valence electrons. The van der Waals surface area contributed by atoms with E-state index in [1.807, 2.05) is 12.1 Å². The Morgan fingerprint density at radius 3 is 1.83 bits per heavy atom. The molecule has 0 aliphatic rings. The van der Waals surface area contributed by atoms with Gasteiger partial charge in [-0.2, -0.15) is 0 Å². The lowest BCUT2D eigenvalue weighted by atomic mass is 10.2. The second-order valence-corrected chi connectivity index (χ2v) is 2.55. The van der Waals surface area contributed by atoms with Crippen molar-refractivity contribution in [1.82, 2.24) is 10.3 Å². The Morgan fingerprint density at radius 2 is 1.33 bits per heavy atom. The topological polar surface area (TPSA) is 52.1 Å². The van der Waals surface area contributed by atoms with Crippen molar-refractivity contribution in [3.8, 4) is 0 Å². The molecule has 1 aromatic carbocycles. The molecule has 0 aliphatic carbocycles. The Bertz CT molecular complexity index is 488. The van der Waals surface area contributed by atoms with E-state index in [0.717, 1.165) is 10.8 Å². The molecule has 3 aromatic rings. The number of nitrogens with zero attached hydrogens (tertiary/aromatic N) is 2. The van der Waals surface area contributed by atoms with Gasteiger partial charge in [0.25, 0.3) is 0 Å². The van der Waals surface area contributed by atoms with Crippen molar-refractivity contribution in [2.75, 3.05) is 0 Å². The van der Waals surface area contributed by atoms with Gasteiger partial charge < -0.3 is 9.05 Å². The molecular formula is C8H4N2O2. The standard InChI is InChI=1S/C8H4N2O2/c1-2-6-4-10-12-8(6)7-5(1)3-9-11-7/h1-4H. The molecule has 2 aromatic heterocycles. The molecule has 0 saturated carbocycles. The number of fused-ring (bicyclic) bond motifs is 3. The fraction of sp³-hybridized carbons (Fsp3) is 0. The van der Waals surface area contributed by atoms with Gasteiger partial charge >= 0.3 is 0 Å². The highest BCUT2D eigenvalue weighted by Gasteiger charge is 2.07. The first-order chi connectivity index (χ1) is 5.95. The molecule has 0 radical (unpaired) electrons. The van der Waals surface area contributed by atoms with Crippen molar-refractivity contribution >= 4 is 21.9 Å². The molecule has 0 aliphatic heterocycles. The van der Waals surface area contributed by atoms with Crippen LogP contribution in [0.2, 0.25) is 0 Å². The van der Waals surface area contributed by atoms with Gasteiger partial charge in [-0.15, -0.1) is 0 Å². The first-order valence-electron chi connectivity index (χ1n) is 3.53. The molecular weight excluding hydrogens is 156 g/mol. The molecule has 0 unspecified atom stereocenters. The summed E-state index contributed by atoms with van der Waals surface area (Å²) in [5.74, 6) is 0. The Kier molecular flexibility index (Phi) is 0.889. The maximum absolute atomic E-state index is 5.01. The molecule has 0 N–H and O–H groups in total. The third-order valence-corrected chi connectivity index (χ3v) is 1.84. The summed E-state index contributed by atoms with van der Waals surface area (Å²) in [6, 6.07) is 3.84. The van der Waals surface area contributed by atoms with Crippen molar-refractivity contribution in [1.29, 1.82) is 0 Å². The number of hydrogen-bond acceptors (Lipinski definition) is 4. The number of rotatable bonds is 0. The van der Waals surface area contributed by atoms with Crippen LogP contribution in [-0.4, -0.2) is 10.3 Å². The molecule has 4 nitrogen and oxygen atoms in total. The number of benzene rings is 1. The van der Waals surface area contributed by atoms with Crippen molar-refractivity contribution in [3.05, 3.63) is 24.5 Å². The van der Waals surface area contributed by atoms with Gasteiger partial charge in [0.2, 0.25) is 11.2 Å². The minimum absolute atomic E-state index is 0.657. The van der Waals surface area contributed by atoms with Gasteiger partial charge in [0.1, 0.15) is 0 Å². The van der Waals surface area contributed by atoms with E-state index in [9.17, 15) is 0 Å². The maximum atomic E-state index is 5.01. The highest BCUT2D eigenvalue weighted by atomic mass is 16.5. The fourth-order valence-corrected chi connectivity index (χ4v) is 1.26. The first-order valence-corrected chi connectivity index (χ1v) is 3.53. The second-order valence-electron chi connectivity index (χ2n) is 2.55. The average molecular weight is 160 g/mol. The van der Waals surface area contributed by atoms with Gasteiger partial charge in [0, 0.05) is 10.8 Å². The third-order valence-electron chi connectivity index (χ3n) is 1.84. The summed E-state index contributed by atoms with van der Waals surface area (Å²) in [4.78, 5) is 0. The van der Waals surface area contributed by atoms with Gasteiger partial charge in [-0.3, -0.25) is 0 Å². The lowest BCUT2D eigenvalue weighted by molar-refractivity contribution is 0.430. The monoisotopic (exact) mass is 160 g/mol. The molecule has 0 spiro atoms. The molecule has 0 atom stereocenters. The summed E-state index contributed by atoms with van der Waals surface area (Å²) in [6.07, 6.45) is 3.30. The Labute approximate surface area is 66.7 Å². The smallest absolute Gasteiger partial charge is 0.212 e. The van der Waals surface area contributed by atoms with Crippen molar-refractivity contribution in [3.63, 3.8) is 0 Å². The lowest BCUT2D eigenvalue weighted by Gasteiger charge is -1.84. The summed E-state index contributed by atoms with van der Waals surface area (Å²) in [5.41, 5.74) is 1.31. The summed E-state index contributed by atoms with van der Waals surface area (Å²) >= 11 is 0. The van der Waals surface area contributed by atoms with Crippen molar-refractivity contribution in [2.45, 2.75) is 0 Å². The van der Waals surface area contributed by atoms with Gasteiger partial charge in [0.15, 0.2) is 0 Å². The van der Waals surface area contributed by atoms with E-state index in [0.29, 0.717) is 11.2 Å². The zero-order valence-electron chi connectivity index (χ0n) is 6.02. The normalized spacial score (nSPS) is 11.3. The molecule has 0 bridgehead atoms. The van der Waals surface area contributed by atoms with E-state index >= 15 is 0 Å². The van der Waals surface area contributed by atoms with Crippen LogP contribution in [0.1, 0.15) is 0 Å². The van der Waals surface area contributed by atoms with E-state index in [4.69, 9.17) is 9.05 Å². The van der Waals surface area contributed by atoms with Crippen LogP contribution in [0.25, 0.3) is 21.9 Å². The molecule has 12 heavy (non-hydrogen) atoms. The van der Waals surface area contributed by atoms with Crippen molar-refractivity contribution in [2.24, 2.45) is 0 Å². The number of hydrogen-bond donors (Lipinski definition) is 0. The fourth-order valence-electron chi connectivity index (χ4n) is 1.26. The molecule has 0 fully saturated rings. The predicted octanol–water partition coefficient (Wildman–Crippen LogP) is 1.97. The van der Waals surface area contributed by atoms with Gasteiger partial charge in [-0.25, -0.2) is 0 Å². The van der Waals surface area contributed by atoms with Crippen LogP contribution >= 0.6 is 0 Å². The van der Waals surface area contributed by atoms with Crippen LogP contribution in [0, 0.1) is 0 Å². The molecule has 2 heterocycles. The zero-order chi connectivity index (χ0) is 7.97. The Morgan fingerprint density at radius 1 is 0.833 bits per heavy atom. The van der Waals surface area contributed by atoms with E-state index in [-0.39, 0.29) is 0 Å². The van der Waals surface area contributed by atoms with E-state index < -0.39 is 0 Å². The highest BCUT2D eigenvalue weighted by molar-refractivity contribution is 5.99. The van der Waals surface area contributed by atoms with Gasteiger partial charge in [0.05, 0.1) is 12.4 Å². The van der Waals surface area contributed by atoms with Crippen LogP contribution in [-0.2, 0) is 0 Å². The largest absolute Gasteiger partial charge is 0.352 e. The summed E-state index contributed by atoms with van der Waals surface area (Å²) in [7, 11) is 0. The number of aromatic nitrogens is 2. The Hall–Kier alpha value is -1.84. The average Bonchev–Trinajstić information content (AvgIpc) is 2.71. The summed E-state index contributed by atoms with van der Waals surface area (Å²) in [6.45, 7) is 0. The van der Waals surface area contributed by atoms with Crippen LogP contribution in [0.5, 0.6) is 0 Å².